The van der Waals surface area contributed by atoms with Gasteiger partial charge in [-0.05, 0) is 24.6 Å². The SMILES string of the molecule is CCCCC(Sc1cc(Cl)ccc1Cl)C(=O)O. The van der Waals surface area contributed by atoms with Crippen molar-refractivity contribution in [3.05, 3.63) is 28.2 Å². The Kier molecular flexibility index (Phi) is 6.17. The van der Waals surface area contributed by atoms with E-state index >= 15 is 0 Å². The number of carboxylic acid groups (broad SMARTS) is 1. The molecule has 0 bridgehead atoms. The minimum Gasteiger partial charge on any atom is -0.480 e. The zero-order chi connectivity index (χ0) is 12.8. The second kappa shape index (κ2) is 7.14. The van der Waals surface area contributed by atoms with Gasteiger partial charge >= 0.3 is 5.97 Å². The summed E-state index contributed by atoms with van der Waals surface area (Å²) in [6.07, 6.45) is 2.51. The van der Waals surface area contributed by atoms with Crippen LogP contribution in [-0.2, 0) is 4.79 Å². The van der Waals surface area contributed by atoms with Gasteiger partial charge in [0.2, 0.25) is 0 Å². The highest BCUT2D eigenvalue weighted by atomic mass is 35.5. The molecule has 1 N–H and O–H groups in total. The first-order valence-electron chi connectivity index (χ1n) is 5.39. The highest BCUT2D eigenvalue weighted by Crippen LogP contribution is 2.34. The van der Waals surface area contributed by atoms with Gasteiger partial charge in [0.1, 0.15) is 5.25 Å². The summed E-state index contributed by atoms with van der Waals surface area (Å²) in [5, 5.41) is 9.77. The van der Waals surface area contributed by atoms with E-state index in [1.165, 1.54) is 11.8 Å². The first kappa shape index (κ1) is 14.7. The normalized spacial score (nSPS) is 12.4. The molecule has 0 fully saturated rings. The molecule has 94 valence electrons. The Labute approximate surface area is 115 Å². The van der Waals surface area contributed by atoms with E-state index in [1.807, 2.05) is 6.92 Å². The fourth-order valence-corrected chi connectivity index (χ4v) is 2.90. The number of hydrogen-bond acceptors (Lipinski definition) is 2. The summed E-state index contributed by atoms with van der Waals surface area (Å²) >= 11 is 13.1. The van der Waals surface area contributed by atoms with Gasteiger partial charge in [-0.2, -0.15) is 0 Å². The van der Waals surface area contributed by atoms with E-state index in [9.17, 15) is 4.79 Å². The van der Waals surface area contributed by atoms with Gasteiger partial charge in [-0.3, -0.25) is 4.79 Å². The molecule has 1 aromatic carbocycles. The molecular formula is C12H14Cl2O2S. The Bertz CT molecular complexity index is 396. The Morgan fingerprint density at radius 2 is 2.18 bits per heavy atom. The van der Waals surface area contributed by atoms with E-state index in [1.54, 1.807) is 18.2 Å². The van der Waals surface area contributed by atoms with Crippen molar-refractivity contribution in [2.45, 2.75) is 36.3 Å². The molecule has 0 amide bonds. The molecule has 0 aliphatic carbocycles. The molecule has 0 radical (unpaired) electrons. The molecule has 1 unspecified atom stereocenters. The topological polar surface area (TPSA) is 37.3 Å². The fraction of sp³-hybridized carbons (Fsp3) is 0.417. The molecule has 1 rings (SSSR count). The van der Waals surface area contributed by atoms with Gasteiger partial charge in [0, 0.05) is 9.92 Å². The summed E-state index contributed by atoms with van der Waals surface area (Å²) in [5.41, 5.74) is 0. The number of hydrogen-bond donors (Lipinski definition) is 1. The minimum atomic E-state index is -0.806. The molecular weight excluding hydrogens is 279 g/mol. The first-order chi connectivity index (χ1) is 8.04. The monoisotopic (exact) mass is 292 g/mol. The minimum absolute atomic E-state index is 0.467. The van der Waals surface area contributed by atoms with Crippen LogP contribution in [0.25, 0.3) is 0 Å². The number of aliphatic carboxylic acids is 1. The number of rotatable bonds is 6. The number of unbranched alkanes of at least 4 members (excludes halogenated alkanes) is 1. The molecule has 1 aromatic rings. The Hall–Kier alpha value is -0.380. The second-order valence-corrected chi connectivity index (χ2v) is 5.75. The number of benzene rings is 1. The second-order valence-electron chi connectivity index (χ2n) is 3.66. The van der Waals surface area contributed by atoms with Gasteiger partial charge in [-0.25, -0.2) is 0 Å². The van der Waals surface area contributed by atoms with Crippen molar-refractivity contribution in [2.24, 2.45) is 0 Å². The van der Waals surface area contributed by atoms with Crippen molar-refractivity contribution >= 4 is 40.9 Å². The molecule has 2 nitrogen and oxygen atoms in total. The summed E-state index contributed by atoms with van der Waals surface area (Å²) in [4.78, 5) is 11.8. The maximum Gasteiger partial charge on any atom is 0.316 e. The molecule has 0 aromatic heterocycles. The molecule has 0 aliphatic rings. The van der Waals surface area contributed by atoms with Crippen LogP contribution in [0.15, 0.2) is 23.1 Å². The summed E-state index contributed by atoms with van der Waals surface area (Å²) < 4.78 is 0. The van der Waals surface area contributed by atoms with Crippen molar-refractivity contribution in [2.75, 3.05) is 0 Å². The van der Waals surface area contributed by atoms with Gasteiger partial charge in [-0.1, -0.05) is 43.0 Å². The Morgan fingerprint density at radius 3 is 2.76 bits per heavy atom. The molecule has 17 heavy (non-hydrogen) atoms. The number of halogens is 2. The van der Waals surface area contributed by atoms with E-state index in [0.717, 1.165) is 17.7 Å². The van der Waals surface area contributed by atoms with Crippen molar-refractivity contribution in [3.8, 4) is 0 Å². The molecule has 0 heterocycles. The fourth-order valence-electron chi connectivity index (χ4n) is 1.34. The maximum absolute atomic E-state index is 11.1. The van der Waals surface area contributed by atoms with Crippen molar-refractivity contribution in [1.29, 1.82) is 0 Å². The third-order valence-electron chi connectivity index (χ3n) is 2.26. The van der Waals surface area contributed by atoms with Gasteiger partial charge in [0.15, 0.2) is 0 Å². The van der Waals surface area contributed by atoms with Gasteiger partial charge in [0.05, 0.1) is 5.02 Å². The molecule has 1 atom stereocenters. The van der Waals surface area contributed by atoms with Crippen LogP contribution in [0.5, 0.6) is 0 Å². The predicted molar refractivity (Wildman–Crippen MR) is 73.3 cm³/mol. The van der Waals surface area contributed by atoms with Crippen LogP contribution in [0.4, 0.5) is 0 Å². The van der Waals surface area contributed by atoms with Crippen LogP contribution in [-0.4, -0.2) is 16.3 Å². The van der Waals surface area contributed by atoms with Crippen LogP contribution >= 0.6 is 35.0 Å². The average molecular weight is 293 g/mol. The summed E-state index contributed by atoms with van der Waals surface area (Å²) in [7, 11) is 0. The van der Waals surface area contributed by atoms with Crippen molar-refractivity contribution in [1.82, 2.24) is 0 Å². The number of carbonyl (C=O) groups is 1. The zero-order valence-corrected chi connectivity index (χ0v) is 11.8. The molecule has 0 saturated carbocycles. The Balaban J connectivity index is 2.78. The highest BCUT2D eigenvalue weighted by molar-refractivity contribution is 8.00. The molecule has 0 aliphatic heterocycles. The quantitative estimate of drug-likeness (QED) is 0.770. The average Bonchev–Trinajstić information content (AvgIpc) is 2.28. The van der Waals surface area contributed by atoms with Crippen LogP contribution < -0.4 is 0 Å². The van der Waals surface area contributed by atoms with Crippen LogP contribution in [0.2, 0.25) is 10.0 Å². The lowest BCUT2D eigenvalue weighted by molar-refractivity contribution is -0.136. The van der Waals surface area contributed by atoms with E-state index in [-0.39, 0.29) is 0 Å². The summed E-state index contributed by atoms with van der Waals surface area (Å²) in [5.74, 6) is -0.806. The lowest BCUT2D eigenvalue weighted by Gasteiger charge is -2.12. The smallest absolute Gasteiger partial charge is 0.316 e. The first-order valence-corrected chi connectivity index (χ1v) is 7.02. The molecule has 5 heteroatoms. The van der Waals surface area contributed by atoms with Crippen molar-refractivity contribution in [3.63, 3.8) is 0 Å². The van der Waals surface area contributed by atoms with E-state index in [4.69, 9.17) is 28.3 Å². The molecule has 0 spiro atoms. The number of carboxylic acids is 1. The van der Waals surface area contributed by atoms with E-state index in [2.05, 4.69) is 0 Å². The van der Waals surface area contributed by atoms with Crippen LogP contribution in [0.3, 0.4) is 0 Å². The zero-order valence-electron chi connectivity index (χ0n) is 9.45. The van der Waals surface area contributed by atoms with Gasteiger partial charge in [0.25, 0.3) is 0 Å². The van der Waals surface area contributed by atoms with Crippen LogP contribution in [0, 0.1) is 0 Å². The van der Waals surface area contributed by atoms with Crippen LogP contribution in [0.1, 0.15) is 26.2 Å². The van der Waals surface area contributed by atoms with E-state index < -0.39 is 11.2 Å². The van der Waals surface area contributed by atoms with Crippen molar-refractivity contribution < 1.29 is 9.90 Å². The van der Waals surface area contributed by atoms with E-state index in [0.29, 0.717) is 16.5 Å². The lowest BCUT2D eigenvalue weighted by Crippen LogP contribution is -2.16. The third-order valence-corrected chi connectivity index (χ3v) is 4.25. The van der Waals surface area contributed by atoms with Gasteiger partial charge in [-0.15, -0.1) is 11.8 Å². The third kappa shape index (κ3) is 4.78. The van der Waals surface area contributed by atoms with Gasteiger partial charge < -0.3 is 5.11 Å². The standard InChI is InChI=1S/C12H14Cl2O2S/c1-2-3-4-10(12(15)16)17-11-7-8(13)5-6-9(11)14/h5-7,10H,2-4H2,1H3,(H,15,16). The largest absolute Gasteiger partial charge is 0.480 e. The predicted octanol–water partition coefficient (Wildman–Crippen LogP) is 4.73. The molecule has 0 saturated heterocycles. The highest BCUT2D eigenvalue weighted by Gasteiger charge is 2.19. The Morgan fingerprint density at radius 1 is 1.47 bits per heavy atom. The summed E-state index contributed by atoms with van der Waals surface area (Å²) in [6.45, 7) is 2.04. The number of thioether (sulfide) groups is 1. The maximum atomic E-state index is 11.1. The lowest BCUT2D eigenvalue weighted by atomic mass is 10.2. The summed E-state index contributed by atoms with van der Waals surface area (Å²) in [6, 6.07) is 5.08.